The van der Waals surface area contributed by atoms with Crippen LogP contribution in [0.15, 0.2) is 40.5 Å². The molecule has 3 aromatic rings. The van der Waals surface area contributed by atoms with Crippen molar-refractivity contribution < 1.29 is 13.9 Å². The van der Waals surface area contributed by atoms with Crippen LogP contribution < -0.4 is 10.9 Å². The average molecular weight is 346 g/mol. The number of carbonyl (C=O) groups excluding carboxylic acids is 1. The summed E-state index contributed by atoms with van der Waals surface area (Å²) in [6.45, 7) is 2.27. The van der Waals surface area contributed by atoms with Gasteiger partial charge in [-0.1, -0.05) is 6.07 Å². The molecular weight excluding hydrogens is 331 g/mol. The summed E-state index contributed by atoms with van der Waals surface area (Å²) >= 11 is 1.55. The summed E-state index contributed by atoms with van der Waals surface area (Å²) < 4.78 is 18.4. The van der Waals surface area contributed by atoms with Crippen LogP contribution in [0, 0.1) is 5.82 Å². The summed E-state index contributed by atoms with van der Waals surface area (Å²) in [4.78, 5) is 28.1. The van der Waals surface area contributed by atoms with E-state index in [1.54, 1.807) is 18.3 Å². The van der Waals surface area contributed by atoms with Crippen molar-refractivity contribution in [3.8, 4) is 0 Å². The van der Waals surface area contributed by atoms with E-state index in [4.69, 9.17) is 4.74 Å². The molecule has 124 valence electrons. The van der Waals surface area contributed by atoms with Gasteiger partial charge in [-0.3, -0.25) is 4.79 Å². The molecule has 0 unspecified atom stereocenters. The maximum Gasteiger partial charge on any atom is 0.345 e. The summed E-state index contributed by atoms with van der Waals surface area (Å²) in [7, 11) is 0. The number of ether oxygens (including phenoxy) is 1. The van der Waals surface area contributed by atoms with E-state index in [-0.39, 0.29) is 12.2 Å². The molecule has 0 bridgehead atoms. The second-order valence-corrected chi connectivity index (χ2v) is 6.08. The predicted octanol–water partition coefficient (Wildman–Crippen LogP) is 3.52. The molecule has 0 aliphatic rings. The van der Waals surface area contributed by atoms with Gasteiger partial charge in [0, 0.05) is 16.8 Å². The van der Waals surface area contributed by atoms with Gasteiger partial charge in [-0.2, -0.15) is 0 Å². The van der Waals surface area contributed by atoms with Crippen molar-refractivity contribution >= 4 is 33.9 Å². The van der Waals surface area contributed by atoms with Crippen LogP contribution in [0.3, 0.4) is 0 Å². The Morgan fingerprint density at radius 3 is 2.92 bits per heavy atom. The van der Waals surface area contributed by atoms with Gasteiger partial charge in [0.05, 0.1) is 17.8 Å². The maximum atomic E-state index is 13.5. The first-order valence-corrected chi connectivity index (χ1v) is 8.27. The van der Waals surface area contributed by atoms with Gasteiger partial charge >= 0.3 is 5.97 Å². The SMILES string of the molecule is CCOC(=O)c1c(NCc2cccs2)c2ccc(F)cc2[nH]c1=O. The molecule has 0 spiro atoms. The zero-order chi connectivity index (χ0) is 17.1. The van der Waals surface area contributed by atoms with Gasteiger partial charge in [0.25, 0.3) is 5.56 Å². The molecule has 0 saturated carbocycles. The Balaban J connectivity index is 2.14. The van der Waals surface area contributed by atoms with Crippen LogP contribution in [0.5, 0.6) is 0 Å². The number of hydrogen-bond donors (Lipinski definition) is 2. The number of pyridine rings is 1. The molecule has 0 aliphatic heterocycles. The number of esters is 1. The standard InChI is InChI=1S/C17H15FN2O3S/c1-2-23-17(22)14-15(19-9-11-4-3-7-24-11)12-6-5-10(18)8-13(12)20-16(14)21/h3-8H,2,9H2,1H3,(H2,19,20,21). The molecule has 0 amide bonds. The topological polar surface area (TPSA) is 71.2 Å². The first-order valence-electron chi connectivity index (χ1n) is 7.39. The van der Waals surface area contributed by atoms with E-state index in [0.29, 0.717) is 23.1 Å². The first kappa shape index (κ1) is 16.2. The van der Waals surface area contributed by atoms with E-state index in [9.17, 15) is 14.0 Å². The van der Waals surface area contributed by atoms with E-state index in [2.05, 4.69) is 10.3 Å². The van der Waals surface area contributed by atoms with Crippen molar-refractivity contribution in [2.24, 2.45) is 0 Å². The lowest BCUT2D eigenvalue weighted by molar-refractivity contribution is 0.0525. The Kier molecular flexibility index (Phi) is 4.61. The predicted molar refractivity (Wildman–Crippen MR) is 92.1 cm³/mol. The molecule has 0 atom stereocenters. The fourth-order valence-electron chi connectivity index (χ4n) is 2.44. The molecule has 2 heterocycles. The molecule has 0 radical (unpaired) electrons. The third-order valence-electron chi connectivity index (χ3n) is 3.48. The zero-order valence-electron chi connectivity index (χ0n) is 12.9. The van der Waals surface area contributed by atoms with Crippen molar-refractivity contribution in [1.82, 2.24) is 4.98 Å². The molecule has 3 rings (SSSR count). The quantitative estimate of drug-likeness (QED) is 0.694. The van der Waals surface area contributed by atoms with Crippen molar-refractivity contribution in [2.75, 3.05) is 11.9 Å². The van der Waals surface area contributed by atoms with Crippen molar-refractivity contribution in [2.45, 2.75) is 13.5 Å². The Bertz CT molecular complexity index is 935. The Morgan fingerprint density at radius 1 is 1.38 bits per heavy atom. The van der Waals surface area contributed by atoms with Crippen LogP contribution in [0.2, 0.25) is 0 Å². The maximum absolute atomic E-state index is 13.5. The van der Waals surface area contributed by atoms with Gasteiger partial charge in [0.15, 0.2) is 0 Å². The number of thiophene rings is 1. The molecule has 24 heavy (non-hydrogen) atoms. The summed E-state index contributed by atoms with van der Waals surface area (Å²) in [6, 6.07) is 7.89. The minimum Gasteiger partial charge on any atom is -0.462 e. The third kappa shape index (κ3) is 3.16. The highest BCUT2D eigenvalue weighted by molar-refractivity contribution is 7.09. The molecule has 2 aromatic heterocycles. The number of aromatic amines is 1. The van der Waals surface area contributed by atoms with Gasteiger partial charge in [-0.05, 0) is 36.6 Å². The second-order valence-electron chi connectivity index (χ2n) is 5.05. The number of hydrogen-bond acceptors (Lipinski definition) is 5. The number of benzene rings is 1. The molecule has 2 N–H and O–H groups in total. The van der Waals surface area contributed by atoms with E-state index in [1.807, 2.05) is 17.5 Å². The summed E-state index contributed by atoms with van der Waals surface area (Å²) in [5, 5.41) is 5.62. The number of fused-ring (bicyclic) bond motifs is 1. The van der Waals surface area contributed by atoms with Crippen LogP contribution in [-0.2, 0) is 11.3 Å². The monoisotopic (exact) mass is 346 g/mol. The molecule has 5 nitrogen and oxygen atoms in total. The van der Waals surface area contributed by atoms with E-state index in [0.717, 1.165) is 4.88 Å². The number of aromatic nitrogens is 1. The minimum absolute atomic E-state index is 0.104. The fourth-order valence-corrected chi connectivity index (χ4v) is 3.09. The van der Waals surface area contributed by atoms with Gasteiger partial charge < -0.3 is 15.0 Å². The number of rotatable bonds is 5. The second kappa shape index (κ2) is 6.84. The number of anilines is 1. The van der Waals surface area contributed by atoms with Crippen LogP contribution >= 0.6 is 11.3 Å². The van der Waals surface area contributed by atoms with Gasteiger partial charge in [0.2, 0.25) is 0 Å². The molecular formula is C17H15FN2O3S. The van der Waals surface area contributed by atoms with Crippen molar-refractivity contribution in [1.29, 1.82) is 0 Å². The van der Waals surface area contributed by atoms with Gasteiger partial charge in [0.1, 0.15) is 11.4 Å². The minimum atomic E-state index is -0.710. The lowest BCUT2D eigenvalue weighted by Crippen LogP contribution is -2.23. The van der Waals surface area contributed by atoms with Crippen LogP contribution in [0.1, 0.15) is 22.2 Å². The summed E-state index contributed by atoms with van der Waals surface area (Å²) in [6.07, 6.45) is 0. The van der Waals surface area contributed by atoms with Crippen molar-refractivity contribution in [3.05, 3.63) is 62.3 Å². The normalized spacial score (nSPS) is 10.8. The van der Waals surface area contributed by atoms with E-state index >= 15 is 0 Å². The first-order chi connectivity index (χ1) is 11.6. The van der Waals surface area contributed by atoms with Gasteiger partial charge in [-0.15, -0.1) is 11.3 Å². The van der Waals surface area contributed by atoms with E-state index < -0.39 is 17.3 Å². The average Bonchev–Trinajstić information content (AvgIpc) is 3.05. The molecule has 0 saturated heterocycles. The lowest BCUT2D eigenvalue weighted by atomic mass is 10.1. The Labute approximate surface area is 141 Å². The third-order valence-corrected chi connectivity index (χ3v) is 4.35. The molecule has 0 fully saturated rings. The fraction of sp³-hybridized carbons (Fsp3) is 0.176. The number of halogens is 1. The molecule has 7 heteroatoms. The van der Waals surface area contributed by atoms with Crippen LogP contribution in [-0.4, -0.2) is 17.6 Å². The number of nitrogens with one attached hydrogen (secondary N) is 2. The largest absolute Gasteiger partial charge is 0.462 e. The zero-order valence-corrected chi connectivity index (χ0v) is 13.7. The highest BCUT2D eigenvalue weighted by Crippen LogP contribution is 2.26. The van der Waals surface area contributed by atoms with Crippen molar-refractivity contribution in [3.63, 3.8) is 0 Å². The number of carbonyl (C=O) groups is 1. The van der Waals surface area contributed by atoms with E-state index in [1.165, 1.54) is 18.2 Å². The number of H-pyrrole nitrogens is 1. The van der Waals surface area contributed by atoms with Crippen LogP contribution in [0.4, 0.5) is 10.1 Å². The lowest BCUT2D eigenvalue weighted by Gasteiger charge is -2.13. The highest BCUT2D eigenvalue weighted by Gasteiger charge is 2.21. The molecule has 1 aromatic carbocycles. The summed E-state index contributed by atoms with van der Waals surface area (Å²) in [5.41, 5.74) is -0.0462. The van der Waals surface area contributed by atoms with Crippen LogP contribution in [0.25, 0.3) is 10.9 Å². The highest BCUT2D eigenvalue weighted by atomic mass is 32.1. The smallest absolute Gasteiger partial charge is 0.345 e. The summed E-state index contributed by atoms with van der Waals surface area (Å²) in [5.74, 6) is -1.18. The Hall–Kier alpha value is -2.67. The molecule has 0 aliphatic carbocycles. The van der Waals surface area contributed by atoms with Gasteiger partial charge in [-0.25, -0.2) is 9.18 Å². The Morgan fingerprint density at radius 2 is 2.21 bits per heavy atom.